The number of carbonyl (C=O) groups is 1. The Morgan fingerprint density at radius 2 is 1.80 bits per heavy atom. The van der Waals surface area contributed by atoms with Crippen LogP contribution in [0.1, 0.15) is 56.6 Å². The molecule has 0 atom stereocenters. The lowest BCUT2D eigenvalue weighted by Crippen LogP contribution is -2.25. The third-order valence-corrected chi connectivity index (χ3v) is 3.42. The Balaban J connectivity index is 2.31. The maximum Gasteiger partial charge on any atom is 0.222 e. The van der Waals surface area contributed by atoms with Crippen LogP contribution in [0.5, 0.6) is 0 Å². The molecule has 0 saturated heterocycles. The van der Waals surface area contributed by atoms with Gasteiger partial charge in [-0.3, -0.25) is 4.79 Å². The molecule has 108 valence electrons. The third kappa shape index (κ3) is 5.88. The van der Waals surface area contributed by atoms with Gasteiger partial charge in [-0.2, -0.15) is 5.26 Å². The summed E-state index contributed by atoms with van der Waals surface area (Å²) in [5.41, 5.74) is 1.71. The maximum absolute atomic E-state index is 12.0. The number of nitriles is 1. The number of amides is 1. The van der Waals surface area contributed by atoms with Crippen LogP contribution in [0, 0.1) is 11.3 Å². The highest BCUT2D eigenvalue weighted by Crippen LogP contribution is 2.10. The molecular formula is C17H24N2O. The average Bonchev–Trinajstić information content (AvgIpc) is 2.47. The molecule has 0 bridgehead atoms. The first-order chi connectivity index (χ1) is 9.67. The van der Waals surface area contributed by atoms with E-state index in [4.69, 9.17) is 5.26 Å². The molecule has 0 N–H and O–H groups in total. The zero-order chi connectivity index (χ0) is 14.8. The number of benzene rings is 1. The van der Waals surface area contributed by atoms with Crippen molar-refractivity contribution in [3.05, 3.63) is 35.4 Å². The second-order valence-corrected chi connectivity index (χ2v) is 5.22. The first kappa shape index (κ1) is 16.2. The molecule has 0 aromatic heterocycles. The lowest BCUT2D eigenvalue weighted by molar-refractivity contribution is -0.130. The number of hydrogen-bond donors (Lipinski definition) is 0. The van der Waals surface area contributed by atoms with Crippen molar-refractivity contribution in [1.82, 2.24) is 4.90 Å². The molecule has 0 aliphatic heterocycles. The summed E-state index contributed by atoms with van der Waals surface area (Å²) in [6.07, 6.45) is 6.47. The number of nitrogens with zero attached hydrogens (tertiary/aromatic N) is 2. The molecule has 0 heterocycles. The number of unbranched alkanes of at least 4 members (excludes halogenated alkanes) is 4. The fourth-order valence-electron chi connectivity index (χ4n) is 2.12. The van der Waals surface area contributed by atoms with Crippen molar-refractivity contribution in [3.63, 3.8) is 0 Å². The molecule has 1 amide bonds. The second-order valence-electron chi connectivity index (χ2n) is 5.22. The number of hydrogen-bond acceptors (Lipinski definition) is 2. The van der Waals surface area contributed by atoms with Crippen molar-refractivity contribution in [3.8, 4) is 6.07 Å². The van der Waals surface area contributed by atoms with E-state index in [-0.39, 0.29) is 5.91 Å². The lowest BCUT2D eigenvalue weighted by atomic mass is 10.1. The van der Waals surface area contributed by atoms with E-state index < -0.39 is 0 Å². The maximum atomic E-state index is 12.0. The molecule has 20 heavy (non-hydrogen) atoms. The van der Waals surface area contributed by atoms with Gasteiger partial charge in [0.15, 0.2) is 0 Å². The molecule has 0 radical (unpaired) electrons. The standard InChI is InChI=1S/C17H24N2O/c1-3-4-5-6-7-8-17(20)19(2)14-16-11-9-15(13-18)10-12-16/h9-12H,3-8,14H2,1-2H3. The fraction of sp³-hybridized carbons (Fsp3) is 0.529. The van der Waals surface area contributed by atoms with E-state index in [1.807, 2.05) is 19.2 Å². The van der Waals surface area contributed by atoms with Crippen LogP contribution in [0.3, 0.4) is 0 Å². The fourth-order valence-corrected chi connectivity index (χ4v) is 2.12. The molecule has 0 spiro atoms. The molecule has 3 nitrogen and oxygen atoms in total. The van der Waals surface area contributed by atoms with Gasteiger partial charge >= 0.3 is 0 Å². The van der Waals surface area contributed by atoms with E-state index in [1.165, 1.54) is 19.3 Å². The van der Waals surface area contributed by atoms with Gasteiger partial charge < -0.3 is 4.90 Å². The van der Waals surface area contributed by atoms with Crippen LogP contribution in [0.15, 0.2) is 24.3 Å². The Labute approximate surface area is 122 Å². The van der Waals surface area contributed by atoms with Crippen molar-refractivity contribution in [2.24, 2.45) is 0 Å². The highest BCUT2D eigenvalue weighted by atomic mass is 16.2. The summed E-state index contributed by atoms with van der Waals surface area (Å²) >= 11 is 0. The molecule has 1 aromatic rings. The Morgan fingerprint density at radius 3 is 2.40 bits per heavy atom. The van der Waals surface area contributed by atoms with Gasteiger partial charge in [0.25, 0.3) is 0 Å². The largest absolute Gasteiger partial charge is 0.341 e. The van der Waals surface area contributed by atoms with Gasteiger partial charge in [0, 0.05) is 20.0 Å². The molecule has 0 fully saturated rings. The van der Waals surface area contributed by atoms with Crippen molar-refractivity contribution >= 4 is 5.91 Å². The SMILES string of the molecule is CCCCCCCC(=O)N(C)Cc1ccc(C#N)cc1. The minimum absolute atomic E-state index is 0.200. The predicted molar refractivity (Wildman–Crippen MR) is 81.0 cm³/mol. The Morgan fingerprint density at radius 1 is 1.15 bits per heavy atom. The van der Waals surface area contributed by atoms with Crippen LogP contribution in [0.2, 0.25) is 0 Å². The number of carbonyl (C=O) groups excluding carboxylic acids is 1. The minimum atomic E-state index is 0.200. The highest BCUT2D eigenvalue weighted by Gasteiger charge is 2.08. The van der Waals surface area contributed by atoms with Crippen LogP contribution in [-0.4, -0.2) is 17.9 Å². The van der Waals surface area contributed by atoms with Crippen LogP contribution < -0.4 is 0 Å². The van der Waals surface area contributed by atoms with Crippen LogP contribution in [0.25, 0.3) is 0 Å². The van der Waals surface area contributed by atoms with Gasteiger partial charge in [0.05, 0.1) is 11.6 Å². The smallest absolute Gasteiger partial charge is 0.222 e. The van der Waals surface area contributed by atoms with Gasteiger partial charge in [-0.15, -0.1) is 0 Å². The van der Waals surface area contributed by atoms with Gasteiger partial charge in [-0.1, -0.05) is 44.7 Å². The van der Waals surface area contributed by atoms with E-state index in [0.29, 0.717) is 18.5 Å². The second kappa shape index (κ2) is 9.14. The molecule has 0 aliphatic carbocycles. The molecule has 0 aliphatic rings. The zero-order valence-electron chi connectivity index (χ0n) is 12.6. The molecular weight excluding hydrogens is 248 g/mol. The van der Waals surface area contributed by atoms with E-state index in [2.05, 4.69) is 13.0 Å². The Hall–Kier alpha value is -1.82. The average molecular weight is 272 g/mol. The van der Waals surface area contributed by atoms with E-state index in [0.717, 1.165) is 18.4 Å². The zero-order valence-corrected chi connectivity index (χ0v) is 12.6. The van der Waals surface area contributed by atoms with Gasteiger partial charge in [-0.05, 0) is 24.1 Å². The van der Waals surface area contributed by atoms with Crippen molar-refractivity contribution in [1.29, 1.82) is 5.26 Å². The summed E-state index contributed by atoms with van der Waals surface area (Å²) < 4.78 is 0. The topological polar surface area (TPSA) is 44.1 Å². The first-order valence-corrected chi connectivity index (χ1v) is 7.40. The molecule has 0 saturated carbocycles. The van der Waals surface area contributed by atoms with Gasteiger partial charge in [-0.25, -0.2) is 0 Å². The number of rotatable bonds is 8. The summed E-state index contributed by atoms with van der Waals surface area (Å²) in [6.45, 7) is 2.80. The predicted octanol–water partition coefficient (Wildman–Crippen LogP) is 3.88. The van der Waals surface area contributed by atoms with E-state index in [9.17, 15) is 4.79 Å². The highest BCUT2D eigenvalue weighted by molar-refractivity contribution is 5.75. The van der Waals surface area contributed by atoms with Crippen molar-refractivity contribution in [2.45, 2.75) is 52.0 Å². The monoisotopic (exact) mass is 272 g/mol. The summed E-state index contributed by atoms with van der Waals surface area (Å²) in [4.78, 5) is 13.7. The van der Waals surface area contributed by atoms with Crippen LogP contribution >= 0.6 is 0 Å². The summed E-state index contributed by atoms with van der Waals surface area (Å²) in [5, 5.41) is 8.74. The van der Waals surface area contributed by atoms with Crippen LogP contribution in [0.4, 0.5) is 0 Å². The third-order valence-electron chi connectivity index (χ3n) is 3.42. The summed E-state index contributed by atoms with van der Waals surface area (Å²) in [5.74, 6) is 0.200. The molecule has 1 aromatic carbocycles. The summed E-state index contributed by atoms with van der Waals surface area (Å²) in [6, 6.07) is 9.49. The van der Waals surface area contributed by atoms with E-state index >= 15 is 0 Å². The first-order valence-electron chi connectivity index (χ1n) is 7.40. The molecule has 0 unspecified atom stereocenters. The van der Waals surface area contributed by atoms with Crippen LogP contribution in [-0.2, 0) is 11.3 Å². The van der Waals surface area contributed by atoms with Gasteiger partial charge in [0.1, 0.15) is 0 Å². The van der Waals surface area contributed by atoms with Crippen molar-refractivity contribution in [2.75, 3.05) is 7.05 Å². The van der Waals surface area contributed by atoms with Crippen molar-refractivity contribution < 1.29 is 4.79 Å². The quantitative estimate of drug-likeness (QED) is 0.674. The van der Waals surface area contributed by atoms with Gasteiger partial charge in [0.2, 0.25) is 5.91 Å². The minimum Gasteiger partial charge on any atom is -0.341 e. The Bertz CT molecular complexity index is 445. The lowest BCUT2D eigenvalue weighted by Gasteiger charge is -2.17. The summed E-state index contributed by atoms with van der Waals surface area (Å²) in [7, 11) is 1.84. The molecule has 3 heteroatoms. The normalized spacial score (nSPS) is 10.1. The van der Waals surface area contributed by atoms with E-state index in [1.54, 1.807) is 17.0 Å². The molecule has 1 rings (SSSR count). The Kier molecular flexibility index (Phi) is 7.42.